The Bertz CT molecular complexity index is 846. The molecule has 4 nitrogen and oxygen atoms in total. The molecular weight excluding hydrogens is 421 g/mol. The number of rotatable bonds is 8. The lowest BCUT2D eigenvalue weighted by molar-refractivity contribution is 0.106. The fourth-order valence-corrected chi connectivity index (χ4v) is 3.19. The summed E-state index contributed by atoms with van der Waals surface area (Å²) < 4.78 is 11.6. The fraction of sp³-hybridized carbons (Fsp3) is 0.286. The number of oxime groups is 1. The van der Waals surface area contributed by atoms with Crippen LogP contribution in [0.15, 0.2) is 58.2 Å². The van der Waals surface area contributed by atoms with Gasteiger partial charge < -0.3 is 14.3 Å². The van der Waals surface area contributed by atoms with Gasteiger partial charge in [0.25, 0.3) is 0 Å². The molecule has 0 saturated carbocycles. The van der Waals surface area contributed by atoms with Crippen molar-refractivity contribution >= 4 is 40.5 Å². The van der Waals surface area contributed by atoms with Crippen LogP contribution in [-0.2, 0) is 11.3 Å². The highest BCUT2D eigenvalue weighted by Crippen LogP contribution is 2.30. The third kappa shape index (κ3) is 6.06. The lowest BCUT2D eigenvalue weighted by atomic mass is 9.89. The van der Waals surface area contributed by atoms with Crippen LogP contribution >= 0.6 is 34.8 Å². The van der Waals surface area contributed by atoms with Gasteiger partial charge in [0.05, 0.1) is 5.71 Å². The van der Waals surface area contributed by atoms with Crippen molar-refractivity contribution in [3.05, 3.63) is 69.2 Å². The summed E-state index contributed by atoms with van der Waals surface area (Å²) in [6.45, 7) is 1.08. The maximum Gasteiger partial charge on any atom is 0.151 e. The second-order valence-electron chi connectivity index (χ2n) is 6.11. The molecule has 148 valence electrons. The molecule has 0 bridgehead atoms. The minimum absolute atomic E-state index is 0.196. The van der Waals surface area contributed by atoms with Crippen molar-refractivity contribution < 1.29 is 14.3 Å². The Labute approximate surface area is 179 Å². The van der Waals surface area contributed by atoms with Crippen molar-refractivity contribution in [1.82, 2.24) is 0 Å². The van der Waals surface area contributed by atoms with E-state index in [4.69, 9.17) is 49.1 Å². The van der Waals surface area contributed by atoms with E-state index in [2.05, 4.69) is 5.16 Å². The summed E-state index contributed by atoms with van der Waals surface area (Å²) in [4.78, 5) is 5.48. The minimum atomic E-state index is 0.196. The molecule has 0 spiro atoms. The molecule has 7 heteroatoms. The van der Waals surface area contributed by atoms with E-state index in [9.17, 15) is 0 Å². The SMILES string of the molecule is ClC(Cl)=CCOc1cccc2c1CCC/C2=N\OCCOc1ccc(Cl)cc1. The second kappa shape index (κ2) is 10.6. The van der Waals surface area contributed by atoms with Crippen LogP contribution in [0, 0.1) is 0 Å². The molecule has 0 radical (unpaired) electrons. The first kappa shape index (κ1) is 20.8. The van der Waals surface area contributed by atoms with Gasteiger partial charge in [-0.05, 0) is 55.7 Å². The number of nitrogens with zero attached hydrogens (tertiary/aromatic N) is 1. The summed E-state index contributed by atoms with van der Waals surface area (Å²) >= 11 is 17.1. The third-order valence-corrected chi connectivity index (χ3v) is 4.75. The van der Waals surface area contributed by atoms with Gasteiger partial charge >= 0.3 is 0 Å². The van der Waals surface area contributed by atoms with E-state index in [0.29, 0.717) is 24.8 Å². The first-order valence-corrected chi connectivity index (χ1v) is 10.1. The van der Waals surface area contributed by atoms with Gasteiger partial charge in [-0.15, -0.1) is 0 Å². The highest BCUT2D eigenvalue weighted by Gasteiger charge is 2.19. The first-order valence-electron chi connectivity index (χ1n) is 8.97. The van der Waals surface area contributed by atoms with E-state index in [0.717, 1.165) is 47.6 Å². The summed E-state index contributed by atoms with van der Waals surface area (Å²) in [5.41, 5.74) is 3.11. The zero-order valence-corrected chi connectivity index (χ0v) is 17.4. The molecule has 0 saturated heterocycles. The Morgan fingerprint density at radius 1 is 1.00 bits per heavy atom. The van der Waals surface area contributed by atoms with E-state index in [1.165, 1.54) is 0 Å². The minimum Gasteiger partial charge on any atom is -0.490 e. The maximum atomic E-state index is 5.85. The van der Waals surface area contributed by atoms with Gasteiger partial charge in [-0.3, -0.25) is 0 Å². The van der Waals surface area contributed by atoms with Gasteiger partial charge in [-0.2, -0.15) is 0 Å². The van der Waals surface area contributed by atoms with Crippen molar-refractivity contribution in [2.24, 2.45) is 5.16 Å². The maximum absolute atomic E-state index is 5.85. The Balaban J connectivity index is 1.57. The highest BCUT2D eigenvalue weighted by atomic mass is 35.5. The lowest BCUT2D eigenvalue weighted by Crippen LogP contribution is -2.15. The highest BCUT2D eigenvalue weighted by molar-refractivity contribution is 6.55. The molecule has 28 heavy (non-hydrogen) atoms. The number of hydrogen-bond donors (Lipinski definition) is 0. The van der Waals surface area contributed by atoms with Gasteiger partial charge in [0.15, 0.2) is 6.61 Å². The van der Waals surface area contributed by atoms with Crippen LogP contribution in [0.1, 0.15) is 24.0 Å². The summed E-state index contributed by atoms with van der Waals surface area (Å²) in [5.74, 6) is 1.57. The standard InChI is InChI=1S/C21H20Cl3NO3/c22-15-7-9-16(10-8-15)26-13-14-28-25-19-5-1-4-18-17(19)3-2-6-20(18)27-12-11-21(23)24/h2-3,6-11H,1,4-5,12-14H2/b25-19+. The summed E-state index contributed by atoms with van der Waals surface area (Å²) in [6.07, 6.45) is 4.40. The summed E-state index contributed by atoms with van der Waals surface area (Å²) in [5, 5.41) is 5.00. The molecule has 3 rings (SSSR count). The monoisotopic (exact) mass is 439 g/mol. The van der Waals surface area contributed by atoms with E-state index >= 15 is 0 Å². The molecule has 2 aromatic rings. The fourth-order valence-electron chi connectivity index (χ4n) is 2.94. The number of hydrogen-bond acceptors (Lipinski definition) is 4. The molecule has 0 aliphatic heterocycles. The topological polar surface area (TPSA) is 40.0 Å². The van der Waals surface area contributed by atoms with Gasteiger partial charge in [-0.1, -0.05) is 52.1 Å². The summed E-state index contributed by atoms with van der Waals surface area (Å²) in [7, 11) is 0. The largest absolute Gasteiger partial charge is 0.490 e. The van der Waals surface area contributed by atoms with Crippen molar-refractivity contribution in [2.45, 2.75) is 19.3 Å². The van der Waals surface area contributed by atoms with Crippen molar-refractivity contribution in [1.29, 1.82) is 0 Å². The van der Waals surface area contributed by atoms with Crippen LogP contribution in [0.5, 0.6) is 11.5 Å². The van der Waals surface area contributed by atoms with Crippen LogP contribution in [0.2, 0.25) is 5.02 Å². The molecule has 1 aliphatic rings. The molecule has 0 N–H and O–H groups in total. The zero-order chi connectivity index (χ0) is 19.8. The van der Waals surface area contributed by atoms with Gasteiger partial charge in [0.2, 0.25) is 0 Å². The predicted molar refractivity (Wildman–Crippen MR) is 114 cm³/mol. The number of ether oxygens (including phenoxy) is 2. The van der Waals surface area contributed by atoms with Crippen LogP contribution in [0.25, 0.3) is 0 Å². The Morgan fingerprint density at radius 3 is 2.61 bits per heavy atom. The normalized spacial score (nSPS) is 14.3. The molecule has 0 atom stereocenters. The summed E-state index contributed by atoms with van der Waals surface area (Å²) in [6, 6.07) is 13.1. The zero-order valence-electron chi connectivity index (χ0n) is 15.2. The lowest BCUT2D eigenvalue weighted by Gasteiger charge is -2.20. The molecule has 1 aliphatic carbocycles. The Morgan fingerprint density at radius 2 is 1.82 bits per heavy atom. The molecule has 2 aromatic carbocycles. The van der Waals surface area contributed by atoms with Gasteiger partial charge in [0.1, 0.15) is 29.2 Å². The number of halogens is 3. The van der Waals surface area contributed by atoms with Crippen LogP contribution in [0.3, 0.4) is 0 Å². The van der Waals surface area contributed by atoms with E-state index in [1.54, 1.807) is 18.2 Å². The third-order valence-electron chi connectivity index (χ3n) is 4.19. The van der Waals surface area contributed by atoms with Crippen molar-refractivity contribution in [3.63, 3.8) is 0 Å². The smallest absolute Gasteiger partial charge is 0.151 e. The molecular formula is C21H20Cl3NO3. The average Bonchev–Trinajstić information content (AvgIpc) is 2.69. The quantitative estimate of drug-likeness (QED) is 0.364. The molecule has 0 aromatic heterocycles. The van der Waals surface area contributed by atoms with Crippen molar-refractivity contribution in [3.8, 4) is 11.5 Å². The van der Waals surface area contributed by atoms with Crippen LogP contribution in [0.4, 0.5) is 0 Å². The van der Waals surface area contributed by atoms with Crippen LogP contribution < -0.4 is 9.47 Å². The van der Waals surface area contributed by atoms with Gasteiger partial charge in [0, 0.05) is 16.1 Å². The first-order chi connectivity index (χ1) is 13.6. The van der Waals surface area contributed by atoms with Gasteiger partial charge in [-0.25, -0.2) is 0 Å². The van der Waals surface area contributed by atoms with Crippen LogP contribution in [-0.4, -0.2) is 25.5 Å². The molecule has 0 amide bonds. The van der Waals surface area contributed by atoms with Crippen molar-refractivity contribution in [2.75, 3.05) is 19.8 Å². The van der Waals surface area contributed by atoms with E-state index < -0.39 is 0 Å². The van der Waals surface area contributed by atoms with E-state index in [-0.39, 0.29) is 4.49 Å². The Kier molecular flexibility index (Phi) is 7.90. The predicted octanol–water partition coefficient (Wildman–Crippen LogP) is 6.17. The Hall–Kier alpha value is -1.88. The number of fused-ring (bicyclic) bond motifs is 1. The molecule has 0 heterocycles. The molecule has 0 fully saturated rings. The second-order valence-corrected chi connectivity index (χ2v) is 7.56. The number of benzene rings is 2. The molecule has 0 unspecified atom stereocenters. The average molecular weight is 441 g/mol. The van der Waals surface area contributed by atoms with E-state index in [1.807, 2.05) is 30.3 Å².